The van der Waals surface area contributed by atoms with E-state index in [4.69, 9.17) is 9.47 Å². The number of amides is 1. The van der Waals surface area contributed by atoms with Crippen LogP contribution in [0.4, 0.5) is 0 Å². The zero-order valence-electron chi connectivity index (χ0n) is 9.96. The molecule has 0 radical (unpaired) electrons. The van der Waals surface area contributed by atoms with Crippen LogP contribution in [-0.2, 0) is 14.3 Å². The number of rotatable bonds is 3. The van der Waals surface area contributed by atoms with E-state index in [-0.39, 0.29) is 11.9 Å². The first kappa shape index (κ1) is 11.9. The first-order valence-corrected chi connectivity index (χ1v) is 6.31. The minimum Gasteiger partial charge on any atom is -0.353 e. The maximum Gasteiger partial charge on any atom is 0.220 e. The van der Waals surface area contributed by atoms with Gasteiger partial charge >= 0.3 is 0 Å². The van der Waals surface area contributed by atoms with Gasteiger partial charge in [-0.05, 0) is 6.42 Å². The molecule has 0 aromatic rings. The minimum atomic E-state index is -0.475. The number of ether oxygens (including phenoxy) is 2. The molecule has 1 amide bonds. The standard InChI is InChI=1S/C12H21NO3/c1-2-3-4-10-9-12(15-7-8-16-12)6-5-11(14)13-10/h10H,2-9H2,1H3,(H,13,14). The van der Waals surface area contributed by atoms with Crippen molar-refractivity contribution in [1.29, 1.82) is 0 Å². The summed E-state index contributed by atoms with van der Waals surface area (Å²) < 4.78 is 11.4. The summed E-state index contributed by atoms with van der Waals surface area (Å²) in [6, 6.07) is 0.216. The van der Waals surface area contributed by atoms with Gasteiger partial charge in [0, 0.05) is 25.3 Å². The van der Waals surface area contributed by atoms with E-state index in [1.165, 1.54) is 0 Å². The van der Waals surface area contributed by atoms with E-state index in [9.17, 15) is 4.79 Å². The van der Waals surface area contributed by atoms with E-state index < -0.39 is 5.79 Å². The smallest absolute Gasteiger partial charge is 0.220 e. The second kappa shape index (κ2) is 5.15. The van der Waals surface area contributed by atoms with Crippen LogP contribution in [0, 0.1) is 0 Å². The summed E-state index contributed by atoms with van der Waals surface area (Å²) in [5, 5.41) is 3.07. The van der Waals surface area contributed by atoms with Crippen molar-refractivity contribution in [2.45, 2.75) is 57.3 Å². The number of nitrogens with one attached hydrogen (secondary N) is 1. The Morgan fingerprint density at radius 2 is 2.19 bits per heavy atom. The molecule has 0 bridgehead atoms. The summed E-state index contributed by atoms with van der Waals surface area (Å²) in [6.07, 6.45) is 5.33. The Bertz CT molecular complexity index is 249. The largest absolute Gasteiger partial charge is 0.353 e. The van der Waals surface area contributed by atoms with Crippen molar-refractivity contribution in [3.05, 3.63) is 0 Å². The van der Waals surface area contributed by atoms with E-state index in [1.54, 1.807) is 0 Å². The highest BCUT2D eigenvalue weighted by Crippen LogP contribution is 2.32. The predicted octanol–water partition coefficient (Wildman–Crippen LogP) is 1.59. The SMILES string of the molecule is CCCCC1CC2(CCC(=O)N1)OCCO2. The van der Waals surface area contributed by atoms with Crippen LogP contribution >= 0.6 is 0 Å². The molecule has 0 aromatic carbocycles. The molecule has 1 spiro atoms. The topological polar surface area (TPSA) is 47.6 Å². The molecule has 2 heterocycles. The number of hydrogen-bond donors (Lipinski definition) is 1. The zero-order chi connectivity index (χ0) is 11.4. The summed E-state index contributed by atoms with van der Waals surface area (Å²) in [4.78, 5) is 11.6. The van der Waals surface area contributed by atoms with E-state index in [2.05, 4.69) is 12.2 Å². The Morgan fingerprint density at radius 1 is 1.44 bits per heavy atom. The maximum absolute atomic E-state index is 11.6. The first-order chi connectivity index (χ1) is 7.74. The molecule has 92 valence electrons. The molecular weight excluding hydrogens is 206 g/mol. The Balaban J connectivity index is 1.98. The van der Waals surface area contributed by atoms with Crippen LogP contribution in [0.15, 0.2) is 0 Å². The van der Waals surface area contributed by atoms with E-state index in [1.807, 2.05) is 0 Å². The molecule has 0 saturated carbocycles. The van der Waals surface area contributed by atoms with Gasteiger partial charge in [0.15, 0.2) is 5.79 Å². The van der Waals surface area contributed by atoms with Gasteiger partial charge in [0.2, 0.25) is 5.91 Å². The molecule has 0 aliphatic carbocycles. The predicted molar refractivity (Wildman–Crippen MR) is 59.9 cm³/mol. The third kappa shape index (κ3) is 2.74. The monoisotopic (exact) mass is 227 g/mol. The minimum absolute atomic E-state index is 0.136. The van der Waals surface area contributed by atoms with Crippen LogP contribution < -0.4 is 5.32 Å². The third-order valence-corrected chi connectivity index (χ3v) is 3.38. The Labute approximate surface area is 96.7 Å². The van der Waals surface area contributed by atoms with Crippen LogP contribution in [-0.4, -0.2) is 30.9 Å². The van der Waals surface area contributed by atoms with Gasteiger partial charge < -0.3 is 14.8 Å². The van der Waals surface area contributed by atoms with Gasteiger partial charge in [-0.1, -0.05) is 19.8 Å². The van der Waals surface area contributed by atoms with Gasteiger partial charge in [0.05, 0.1) is 13.2 Å². The number of unbranched alkanes of at least 4 members (excludes halogenated alkanes) is 1. The average Bonchev–Trinajstić information content (AvgIpc) is 2.65. The van der Waals surface area contributed by atoms with Crippen molar-refractivity contribution >= 4 is 5.91 Å². The highest BCUT2D eigenvalue weighted by Gasteiger charge is 2.41. The van der Waals surface area contributed by atoms with Crippen LogP contribution in [0.1, 0.15) is 45.4 Å². The Hall–Kier alpha value is -0.610. The van der Waals surface area contributed by atoms with Gasteiger partial charge in [-0.2, -0.15) is 0 Å². The van der Waals surface area contributed by atoms with Crippen LogP contribution in [0.2, 0.25) is 0 Å². The lowest BCUT2D eigenvalue weighted by molar-refractivity contribution is -0.168. The molecule has 2 saturated heterocycles. The average molecular weight is 227 g/mol. The highest BCUT2D eigenvalue weighted by molar-refractivity contribution is 5.76. The van der Waals surface area contributed by atoms with Crippen molar-refractivity contribution in [2.24, 2.45) is 0 Å². The highest BCUT2D eigenvalue weighted by atomic mass is 16.7. The fourth-order valence-corrected chi connectivity index (χ4v) is 2.52. The molecule has 0 aromatic heterocycles. The number of carbonyl (C=O) groups is 1. The van der Waals surface area contributed by atoms with Crippen molar-refractivity contribution in [2.75, 3.05) is 13.2 Å². The van der Waals surface area contributed by atoms with Gasteiger partial charge in [-0.3, -0.25) is 4.79 Å². The lowest BCUT2D eigenvalue weighted by atomic mass is 10.00. The fourth-order valence-electron chi connectivity index (χ4n) is 2.52. The molecule has 1 atom stereocenters. The second-order valence-corrected chi connectivity index (χ2v) is 4.72. The summed E-state index contributed by atoms with van der Waals surface area (Å²) in [5.74, 6) is -0.338. The molecule has 2 aliphatic heterocycles. The lowest BCUT2D eigenvalue weighted by Gasteiger charge is -2.28. The van der Waals surface area contributed by atoms with Crippen molar-refractivity contribution < 1.29 is 14.3 Å². The molecule has 16 heavy (non-hydrogen) atoms. The maximum atomic E-state index is 11.6. The Morgan fingerprint density at radius 3 is 2.88 bits per heavy atom. The van der Waals surface area contributed by atoms with Crippen molar-refractivity contribution in [3.8, 4) is 0 Å². The van der Waals surface area contributed by atoms with E-state index in [0.29, 0.717) is 26.1 Å². The molecule has 4 heteroatoms. The Kier molecular flexibility index (Phi) is 3.82. The third-order valence-electron chi connectivity index (χ3n) is 3.38. The second-order valence-electron chi connectivity index (χ2n) is 4.72. The molecule has 2 rings (SSSR count). The van der Waals surface area contributed by atoms with Crippen molar-refractivity contribution in [1.82, 2.24) is 5.32 Å². The molecule has 4 nitrogen and oxygen atoms in total. The normalized spacial score (nSPS) is 29.1. The van der Waals surface area contributed by atoms with Crippen molar-refractivity contribution in [3.63, 3.8) is 0 Å². The summed E-state index contributed by atoms with van der Waals surface area (Å²) in [6.45, 7) is 3.49. The van der Waals surface area contributed by atoms with Gasteiger partial charge in [-0.15, -0.1) is 0 Å². The quantitative estimate of drug-likeness (QED) is 0.796. The van der Waals surface area contributed by atoms with Crippen LogP contribution in [0.25, 0.3) is 0 Å². The summed E-state index contributed by atoms with van der Waals surface area (Å²) in [7, 11) is 0. The van der Waals surface area contributed by atoms with Crippen LogP contribution in [0.5, 0.6) is 0 Å². The first-order valence-electron chi connectivity index (χ1n) is 6.31. The molecule has 2 aliphatic rings. The van der Waals surface area contributed by atoms with Crippen LogP contribution in [0.3, 0.4) is 0 Å². The number of carbonyl (C=O) groups excluding carboxylic acids is 1. The zero-order valence-corrected chi connectivity index (χ0v) is 9.96. The fraction of sp³-hybridized carbons (Fsp3) is 0.917. The molecule has 2 fully saturated rings. The van der Waals surface area contributed by atoms with E-state index in [0.717, 1.165) is 25.7 Å². The molecule has 1 N–H and O–H groups in total. The summed E-state index contributed by atoms with van der Waals surface area (Å²) in [5.41, 5.74) is 0. The van der Waals surface area contributed by atoms with E-state index >= 15 is 0 Å². The lowest BCUT2D eigenvalue weighted by Crippen LogP contribution is -2.38. The number of hydrogen-bond acceptors (Lipinski definition) is 3. The summed E-state index contributed by atoms with van der Waals surface area (Å²) >= 11 is 0. The van der Waals surface area contributed by atoms with Gasteiger partial charge in [0.25, 0.3) is 0 Å². The molecule has 1 unspecified atom stereocenters. The van der Waals surface area contributed by atoms with Gasteiger partial charge in [-0.25, -0.2) is 0 Å². The molecular formula is C12H21NO3. The van der Waals surface area contributed by atoms with Gasteiger partial charge in [0.1, 0.15) is 0 Å².